The summed E-state index contributed by atoms with van der Waals surface area (Å²) in [6.45, 7) is 9.50. The van der Waals surface area contributed by atoms with E-state index >= 15 is 0 Å². The van der Waals surface area contributed by atoms with Crippen LogP contribution in [0, 0.1) is 11.3 Å². The van der Waals surface area contributed by atoms with Crippen LogP contribution in [0.15, 0.2) is 0 Å². The number of hydrogen-bond donors (Lipinski definition) is 2. The highest BCUT2D eigenvalue weighted by atomic mass is 32.2. The molecule has 0 radical (unpaired) electrons. The normalized spacial score (nSPS) is 20.2. The Balaban J connectivity index is 2.60. The van der Waals surface area contributed by atoms with Crippen LogP contribution in [0.5, 0.6) is 0 Å². The third-order valence-corrected chi connectivity index (χ3v) is 5.75. The number of aliphatic carboxylic acids is 1. The number of nitrogens with zero attached hydrogens (tertiary/aromatic N) is 1. The molecule has 1 unspecified atom stereocenters. The molecule has 1 rings (SSSR count). The zero-order chi connectivity index (χ0) is 16.3. The number of hydrogen-bond acceptors (Lipinski definition) is 3. The van der Waals surface area contributed by atoms with Crippen LogP contribution in [-0.2, 0) is 4.79 Å². The predicted octanol–water partition coefficient (Wildman–Crippen LogP) is 2.66. The third-order valence-electron chi connectivity index (χ3n) is 4.50. The van der Waals surface area contributed by atoms with E-state index in [1.165, 1.54) is 0 Å². The molecule has 0 bridgehead atoms. The van der Waals surface area contributed by atoms with Crippen molar-refractivity contribution in [3.05, 3.63) is 0 Å². The van der Waals surface area contributed by atoms with Crippen molar-refractivity contribution in [2.75, 3.05) is 25.9 Å². The van der Waals surface area contributed by atoms with Crippen molar-refractivity contribution in [3.8, 4) is 0 Å². The zero-order valence-corrected chi connectivity index (χ0v) is 14.5. The summed E-state index contributed by atoms with van der Waals surface area (Å²) in [6, 6.07) is -0.0805. The second-order valence-electron chi connectivity index (χ2n) is 6.93. The van der Waals surface area contributed by atoms with Gasteiger partial charge < -0.3 is 15.3 Å². The van der Waals surface area contributed by atoms with Crippen molar-refractivity contribution >= 4 is 23.8 Å². The number of amides is 2. The molecule has 6 heteroatoms. The standard InChI is InChI=1S/C15H28N2O3S/c1-14(2,21-5)10-16-13(20)17-8-6-7-11(9-17)15(3,4)12(18)19/h11H,6-10H2,1-5H3,(H,16,20)(H,18,19). The topological polar surface area (TPSA) is 69.6 Å². The molecule has 1 fully saturated rings. The molecule has 2 N–H and O–H groups in total. The van der Waals surface area contributed by atoms with Crippen LogP contribution in [0.1, 0.15) is 40.5 Å². The molecule has 5 nitrogen and oxygen atoms in total. The van der Waals surface area contributed by atoms with Gasteiger partial charge in [-0.3, -0.25) is 4.79 Å². The van der Waals surface area contributed by atoms with E-state index < -0.39 is 11.4 Å². The molecule has 0 aromatic carbocycles. The molecule has 122 valence electrons. The molecule has 0 aromatic rings. The third kappa shape index (κ3) is 4.80. The fourth-order valence-electron chi connectivity index (χ4n) is 2.40. The van der Waals surface area contributed by atoms with Crippen LogP contribution in [0.3, 0.4) is 0 Å². The number of rotatable bonds is 5. The van der Waals surface area contributed by atoms with Gasteiger partial charge >= 0.3 is 12.0 Å². The van der Waals surface area contributed by atoms with Crippen molar-refractivity contribution in [2.45, 2.75) is 45.3 Å². The van der Waals surface area contributed by atoms with Crippen molar-refractivity contribution < 1.29 is 14.7 Å². The van der Waals surface area contributed by atoms with Gasteiger partial charge in [0.1, 0.15) is 0 Å². The summed E-state index contributed by atoms with van der Waals surface area (Å²) in [7, 11) is 0. The molecule has 0 aromatic heterocycles. The minimum atomic E-state index is -0.794. The number of carbonyl (C=O) groups is 2. The van der Waals surface area contributed by atoms with Gasteiger partial charge in [-0.1, -0.05) is 0 Å². The lowest BCUT2D eigenvalue weighted by Crippen LogP contribution is -2.51. The van der Waals surface area contributed by atoms with Gasteiger partial charge in [-0.15, -0.1) is 0 Å². The monoisotopic (exact) mass is 316 g/mol. The van der Waals surface area contributed by atoms with E-state index in [1.807, 2.05) is 6.26 Å². The Labute approximate surface area is 131 Å². The molecule has 1 atom stereocenters. The quantitative estimate of drug-likeness (QED) is 0.818. The Morgan fingerprint density at radius 1 is 1.33 bits per heavy atom. The molecule has 1 saturated heterocycles. The summed E-state index contributed by atoms with van der Waals surface area (Å²) in [5.41, 5.74) is -0.794. The van der Waals surface area contributed by atoms with Crippen molar-refractivity contribution in [1.29, 1.82) is 0 Å². The first kappa shape index (κ1) is 18.1. The number of urea groups is 1. The molecule has 0 aliphatic carbocycles. The molecule has 1 heterocycles. The summed E-state index contributed by atoms with van der Waals surface area (Å²) in [5.74, 6) is -0.790. The van der Waals surface area contributed by atoms with E-state index in [0.29, 0.717) is 19.6 Å². The first-order chi connectivity index (χ1) is 9.60. The summed E-state index contributed by atoms with van der Waals surface area (Å²) in [5, 5.41) is 12.3. The van der Waals surface area contributed by atoms with E-state index in [0.717, 1.165) is 12.8 Å². The van der Waals surface area contributed by atoms with E-state index in [9.17, 15) is 14.7 Å². The van der Waals surface area contributed by atoms with E-state index in [2.05, 4.69) is 19.2 Å². The van der Waals surface area contributed by atoms with Gasteiger partial charge in [-0.05, 0) is 52.7 Å². The van der Waals surface area contributed by atoms with Crippen molar-refractivity contribution in [3.63, 3.8) is 0 Å². The van der Waals surface area contributed by atoms with E-state index in [-0.39, 0.29) is 16.7 Å². The SMILES string of the molecule is CSC(C)(C)CNC(=O)N1CCCC(C(C)(C)C(=O)O)C1. The first-order valence-corrected chi connectivity index (χ1v) is 8.64. The lowest BCUT2D eigenvalue weighted by molar-refractivity contribution is -0.151. The van der Waals surface area contributed by atoms with Gasteiger partial charge in [0.05, 0.1) is 5.41 Å². The number of nitrogens with one attached hydrogen (secondary N) is 1. The fraction of sp³-hybridized carbons (Fsp3) is 0.867. The van der Waals surface area contributed by atoms with Crippen molar-refractivity contribution in [2.24, 2.45) is 11.3 Å². The second kappa shape index (κ2) is 6.90. The Kier molecular flexibility index (Phi) is 5.96. The van der Waals surface area contributed by atoms with Gasteiger partial charge in [-0.25, -0.2) is 4.79 Å². The van der Waals surface area contributed by atoms with E-state index in [1.54, 1.807) is 30.5 Å². The molecule has 1 aliphatic rings. The minimum Gasteiger partial charge on any atom is -0.481 e. The highest BCUT2D eigenvalue weighted by Gasteiger charge is 2.40. The maximum absolute atomic E-state index is 12.3. The van der Waals surface area contributed by atoms with Crippen LogP contribution in [-0.4, -0.2) is 52.6 Å². The smallest absolute Gasteiger partial charge is 0.317 e. The lowest BCUT2D eigenvalue weighted by atomic mass is 9.74. The molecular weight excluding hydrogens is 288 g/mol. The highest BCUT2D eigenvalue weighted by Crippen LogP contribution is 2.34. The number of carboxylic acids is 1. The molecule has 1 aliphatic heterocycles. The van der Waals surface area contributed by atoms with Gasteiger partial charge in [-0.2, -0.15) is 11.8 Å². The zero-order valence-electron chi connectivity index (χ0n) is 13.7. The minimum absolute atomic E-state index is 0.00283. The van der Waals surface area contributed by atoms with Gasteiger partial charge in [0.25, 0.3) is 0 Å². The first-order valence-electron chi connectivity index (χ1n) is 7.41. The number of piperidine rings is 1. The molecule has 0 saturated carbocycles. The number of likely N-dealkylation sites (tertiary alicyclic amines) is 1. The van der Waals surface area contributed by atoms with Crippen LogP contribution in [0.2, 0.25) is 0 Å². The molecule has 0 spiro atoms. The fourth-order valence-corrected chi connectivity index (χ4v) is 2.61. The number of carbonyl (C=O) groups excluding carboxylic acids is 1. The Hall–Kier alpha value is -0.910. The van der Waals surface area contributed by atoms with E-state index in [4.69, 9.17) is 0 Å². The number of carboxylic acid groups (broad SMARTS) is 1. The molecule has 21 heavy (non-hydrogen) atoms. The predicted molar refractivity (Wildman–Crippen MR) is 86.7 cm³/mol. The van der Waals surface area contributed by atoms with Crippen LogP contribution >= 0.6 is 11.8 Å². The van der Waals surface area contributed by atoms with Crippen LogP contribution in [0.4, 0.5) is 4.79 Å². The average molecular weight is 316 g/mol. The van der Waals surface area contributed by atoms with Crippen LogP contribution < -0.4 is 5.32 Å². The van der Waals surface area contributed by atoms with Gasteiger partial charge in [0.2, 0.25) is 0 Å². The molecule has 2 amide bonds. The summed E-state index contributed by atoms with van der Waals surface area (Å²) in [6.07, 6.45) is 3.75. The highest BCUT2D eigenvalue weighted by molar-refractivity contribution is 7.99. The Bertz CT molecular complexity index is 396. The van der Waals surface area contributed by atoms with Gasteiger partial charge in [0, 0.05) is 24.4 Å². The largest absolute Gasteiger partial charge is 0.481 e. The maximum atomic E-state index is 12.3. The summed E-state index contributed by atoms with van der Waals surface area (Å²) < 4.78 is 0.00514. The maximum Gasteiger partial charge on any atom is 0.317 e. The van der Waals surface area contributed by atoms with Crippen LogP contribution in [0.25, 0.3) is 0 Å². The Morgan fingerprint density at radius 3 is 2.48 bits per heavy atom. The average Bonchev–Trinajstić information content (AvgIpc) is 2.44. The molecular formula is C15H28N2O3S. The summed E-state index contributed by atoms with van der Waals surface area (Å²) in [4.78, 5) is 25.4. The summed E-state index contributed by atoms with van der Waals surface area (Å²) >= 11 is 1.71. The van der Waals surface area contributed by atoms with Crippen molar-refractivity contribution in [1.82, 2.24) is 10.2 Å². The second-order valence-corrected chi connectivity index (χ2v) is 8.45. The lowest BCUT2D eigenvalue weighted by Gasteiger charge is -2.39. The number of thioether (sulfide) groups is 1. The Morgan fingerprint density at radius 2 is 1.95 bits per heavy atom. The van der Waals surface area contributed by atoms with Gasteiger partial charge in [0.15, 0.2) is 0 Å².